The third-order valence-electron chi connectivity index (χ3n) is 2.97. The van der Waals surface area contributed by atoms with E-state index in [4.69, 9.17) is 21.1 Å². The fourth-order valence-electron chi connectivity index (χ4n) is 2.06. The van der Waals surface area contributed by atoms with Crippen molar-refractivity contribution in [2.24, 2.45) is 0 Å². The fourth-order valence-corrected chi connectivity index (χ4v) is 2.16. The lowest BCUT2D eigenvalue weighted by Gasteiger charge is -2.13. The van der Waals surface area contributed by atoms with Gasteiger partial charge < -0.3 is 9.47 Å². The second-order valence-electron chi connectivity index (χ2n) is 4.09. The number of rotatable bonds is 4. The highest BCUT2D eigenvalue weighted by Crippen LogP contribution is 2.17. The number of hydrogen-bond acceptors (Lipinski definition) is 5. The van der Waals surface area contributed by atoms with Crippen LogP contribution in [0, 0.1) is 0 Å². The number of methoxy groups -OCH3 is 2. The van der Waals surface area contributed by atoms with Crippen LogP contribution < -0.4 is 0 Å². The van der Waals surface area contributed by atoms with E-state index in [0.29, 0.717) is 5.15 Å². The molecule has 1 saturated heterocycles. The minimum Gasteiger partial charge on any atom is -0.377 e. The van der Waals surface area contributed by atoms with Gasteiger partial charge in [-0.2, -0.15) is 5.10 Å². The molecule has 2 unspecified atom stereocenters. The van der Waals surface area contributed by atoms with Gasteiger partial charge >= 0.3 is 0 Å². The standard InChI is InChI=1S/C11H16ClN3O2/c1-16-9-6-15(7-10(9)17-2)5-8-3-4-11(12)14-13-8/h3-4,9-10H,5-7H2,1-2H3. The Kier molecular flexibility index (Phi) is 4.28. The van der Waals surface area contributed by atoms with Gasteiger partial charge in [-0.25, -0.2) is 0 Å². The van der Waals surface area contributed by atoms with Crippen LogP contribution in [0.15, 0.2) is 12.1 Å². The van der Waals surface area contributed by atoms with Crippen LogP contribution >= 0.6 is 11.6 Å². The molecule has 1 aromatic rings. The van der Waals surface area contributed by atoms with Gasteiger partial charge in [0.05, 0.1) is 17.9 Å². The number of ether oxygens (including phenoxy) is 2. The first-order valence-electron chi connectivity index (χ1n) is 5.49. The molecule has 0 saturated carbocycles. The van der Waals surface area contributed by atoms with Crippen molar-refractivity contribution in [2.75, 3.05) is 27.3 Å². The highest BCUT2D eigenvalue weighted by Gasteiger charge is 2.32. The number of likely N-dealkylation sites (tertiary alicyclic amines) is 1. The fraction of sp³-hybridized carbons (Fsp3) is 0.636. The van der Waals surface area contributed by atoms with Gasteiger partial charge in [-0.15, -0.1) is 5.10 Å². The smallest absolute Gasteiger partial charge is 0.151 e. The van der Waals surface area contributed by atoms with Crippen molar-refractivity contribution >= 4 is 11.6 Å². The van der Waals surface area contributed by atoms with Crippen LogP contribution in [0.25, 0.3) is 0 Å². The van der Waals surface area contributed by atoms with Gasteiger partial charge in [-0.1, -0.05) is 11.6 Å². The Balaban J connectivity index is 1.94. The van der Waals surface area contributed by atoms with E-state index in [0.717, 1.165) is 25.3 Å². The molecular formula is C11H16ClN3O2. The zero-order chi connectivity index (χ0) is 12.3. The maximum atomic E-state index is 5.69. The lowest BCUT2D eigenvalue weighted by Crippen LogP contribution is -2.27. The quantitative estimate of drug-likeness (QED) is 0.805. The summed E-state index contributed by atoms with van der Waals surface area (Å²) in [6.07, 6.45) is 0.250. The average Bonchev–Trinajstić information content (AvgIpc) is 2.74. The zero-order valence-corrected chi connectivity index (χ0v) is 10.7. The van der Waals surface area contributed by atoms with E-state index in [2.05, 4.69) is 15.1 Å². The van der Waals surface area contributed by atoms with Crippen molar-refractivity contribution in [3.8, 4) is 0 Å². The zero-order valence-electron chi connectivity index (χ0n) is 9.97. The number of hydrogen-bond donors (Lipinski definition) is 0. The van der Waals surface area contributed by atoms with Crippen molar-refractivity contribution in [2.45, 2.75) is 18.8 Å². The van der Waals surface area contributed by atoms with Gasteiger partial charge in [0.15, 0.2) is 5.15 Å². The minimum absolute atomic E-state index is 0.125. The Morgan fingerprint density at radius 3 is 2.35 bits per heavy atom. The van der Waals surface area contributed by atoms with E-state index in [1.807, 2.05) is 6.07 Å². The van der Waals surface area contributed by atoms with Crippen molar-refractivity contribution in [3.05, 3.63) is 23.0 Å². The van der Waals surface area contributed by atoms with Gasteiger partial charge in [0.1, 0.15) is 0 Å². The van der Waals surface area contributed by atoms with Crippen LogP contribution in [0.3, 0.4) is 0 Å². The summed E-state index contributed by atoms with van der Waals surface area (Å²) >= 11 is 5.69. The van der Waals surface area contributed by atoms with Crippen LogP contribution in [0.5, 0.6) is 0 Å². The van der Waals surface area contributed by atoms with Gasteiger partial charge in [0.25, 0.3) is 0 Å². The summed E-state index contributed by atoms with van der Waals surface area (Å²) in [5.74, 6) is 0. The maximum Gasteiger partial charge on any atom is 0.151 e. The summed E-state index contributed by atoms with van der Waals surface area (Å²) < 4.78 is 10.8. The molecule has 2 rings (SSSR count). The van der Waals surface area contributed by atoms with Crippen molar-refractivity contribution in [3.63, 3.8) is 0 Å². The number of nitrogens with zero attached hydrogens (tertiary/aromatic N) is 3. The van der Waals surface area contributed by atoms with Crippen LogP contribution in [0.2, 0.25) is 5.15 Å². The van der Waals surface area contributed by atoms with Gasteiger partial charge in [0, 0.05) is 33.9 Å². The topological polar surface area (TPSA) is 47.5 Å². The summed E-state index contributed by atoms with van der Waals surface area (Å²) in [5, 5.41) is 8.28. The molecule has 5 nitrogen and oxygen atoms in total. The molecule has 1 aliphatic heterocycles. The van der Waals surface area contributed by atoms with Crippen LogP contribution in [-0.4, -0.2) is 54.6 Å². The van der Waals surface area contributed by atoms with Crippen molar-refractivity contribution in [1.82, 2.24) is 15.1 Å². The van der Waals surface area contributed by atoms with E-state index in [-0.39, 0.29) is 12.2 Å². The highest BCUT2D eigenvalue weighted by molar-refractivity contribution is 6.29. The largest absolute Gasteiger partial charge is 0.377 e. The van der Waals surface area contributed by atoms with Gasteiger partial charge in [-0.3, -0.25) is 4.90 Å². The Bertz CT molecular complexity index is 348. The summed E-state index contributed by atoms with van der Waals surface area (Å²) in [4.78, 5) is 2.24. The summed E-state index contributed by atoms with van der Waals surface area (Å²) in [5.41, 5.74) is 0.904. The molecule has 0 spiro atoms. The third kappa shape index (κ3) is 3.13. The molecule has 0 N–H and O–H groups in total. The molecule has 1 fully saturated rings. The molecule has 6 heteroatoms. The first-order valence-corrected chi connectivity index (χ1v) is 5.86. The van der Waals surface area contributed by atoms with E-state index >= 15 is 0 Å². The number of halogens is 1. The minimum atomic E-state index is 0.125. The van der Waals surface area contributed by atoms with Gasteiger partial charge in [-0.05, 0) is 12.1 Å². The third-order valence-corrected chi connectivity index (χ3v) is 3.17. The second-order valence-corrected chi connectivity index (χ2v) is 4.48. The Morgan fingerprint density at radius 1 is 1.24 bits per heavy atom. The van der Waals surface area contributed by atoms with Crippen molar-refractivity contribution < 1.29 is 9.47 Å². The monoisotopic (exact) mass is 257 g/mol. The van der Waals surface area contributed by atoms with E-state index in [1.54, 1.807) is 20.3 Å². The molecule has 1 aliphatic rings. The molecule has 1 aromatic heterocycles. The predicted molar refractivity (Wildman–Crippen MR) is 63.9 cm³/mol. The van der Waals surface area contributed by atoms with Crippen LogP contribution in [0.1, 0.15) is 5.69 Å². The molecule has 0 radical (unpaired) electrons. The Hall–Kier alpha value is -0.750. The van der Waals surface area contributed by atoms with Crippen molar-refractivity contribution in [1.29, 1.82) is 0 Å². The predicted octanol–water partition coefficient (Wildman–Crippen LogP) is 0.976. The average molecular weight is 258 g/mol. The van der Waals surface area contributed by atoms with E-state index < -0.39 is 0 Å². The molecule has 17 heavy (non-hydrogen) atoms. The molecule has 0 aromatic carbocycles. The Morgan fingerprint density at radius 2 is 1.88 bits per heavy atom. The lowest BCUT2D eigenvalue weighted by molar-refractivity contribution is -0.00461. The molecule has 2 atom stereocenters. The second kappa shape index (κ2) is 5.73. The molecule has 0 aliphatic carbocycles. The number of aromatic nitrogens is 2. The van der Waals surface area contributed by atoms with E-state index in [9.17, 15) is 0 Å². The molecule has 94 valence electrons. The SMILES string of the molecule is COC1CN(Cc2ccc(Cl)nn2)CC1OC. The molecule has 0 amide bonds. The molecule has 0 bridgehead atoms. The van der Waals surface area contributed by atoms with Crippen LogP contribution in [-0.2, 0) is 16.0 Å². The first kappa shape index (κ1) is 12.7. The van der Waals surface area contributed by atoms with Crippen LogP contribution in [0.4, 0.5) is 0 Å². The highest BCUT2D eigenvalue weighted by atomic mass is 35.5. The summed E-state index contributed by atoms with van der Waals surface area (Å²) in [7, 11) is 3.42. The maximum absolute atomic E-state index is 5.69. The first-order chi connectivity index (χ1) is 8.22. The summed E-state index contributed by atoms with van der Waals surface area (Å²) in [6, 6.07) is 3.64. The molecular weight excluding hydrogens is 242 g/mol. The Labute approximate surface area is 106 Å². The van der Waals surface area contributed by atoms with E-state index in [1.165, 1.54) is 0 Å². The normalized spacial score (nSPS) is 25.4. The summed E-state index contributed by atoms with van der Waals surface area (Å²) in [6.45, 7) is 2.43. The molecule has 2 heterocycles. The van der Waals surface area contributed by atoms with Gasteiger partial charge in [0.2, 0.25) is 0 Å². The lowest BCUT2D eigenvalue weighted by atomic mass is 10.3.